The molecule has 0 atom stereocenters. The molecule has 1 amide bonds. The summed E-state index contributed by atoms with van der Waals surface area (Å²) >= 11 is 3.32. The lowest BCUT2D eigenvalue weighted by Gasteiger charge is -2.05. The van der Waals surface area contributed by atoms with Gasteiger partial charge in [0, 0.05) is 10.0 Å². The summed E-state index contributed by atoms with van der Waals surface area (Å²) in [6.45, 7) is 1.95. The van der Waals surface area contributed by atoms with Crippen LogP contribution in [0.2, 0.25) is 0 Å². The highest BCUT2D eigenvalue weighted by Gasteiger charge is 2.08. The lowest BCUT2D eigenvalue weighted by molar-refractivity contribution is 0.0734. The van der Waals surface area contributed by atoms with E-state index >= 15 is 0 Å². The predicted octanol–water partition coefficient (Wildman–Crippen LogP) is 4.74. The summed E-state index contributed by atoms with van der Waals surface area (Å²) in [5.41, 5.74) is 5.30. The first-order valence-corrected chi connectivity index (χ1v) is 9.28. The summed E-state index contributed by atoms with van der Waals surface area (Å²) in [6, 6.07) is 21.0. The van der Waals surface area contributed by atoms with Crippen LogP contribution in [0.5, 0.6) is 5.75 Å². The average Bonchev–Trinajstić information content (AvgIpc) is 2.69. The molecular formula is C22H17BrN2O3. The molecule has 0 saturated carbocycles. The average molecular weight is 437 g/mol. The van der Waals surface area contributed by atoms with Crippen molar-refractivity contribution in [2.45, 2.75) is 6.92 Å². The molecule has 3 rings (SSSR count). The molecule has 0 unspecified atom stereocenters. The van der Waals surface area contributed by atoms with E-state index in [1.54, 1.807) is 54.6 Å². The van der Waals surface area contributed by atoms with Gasteiger partial charge in [0.1, 0.15) is 5.75 Å². The molecular weight excluding hydrogens is 420 g/mol. The van der Waals surface area contributed by atoms with E-state index in [0.717, 1.165) is 15.6 Å². The summed E-state index contributed by atoms with van der Waals surface area (Å²) in [4.78, 5) is 24.1. The zero-order chi connectivity index (χ0) is 19.9. The second kappa shape index (κ2) is 9.10. The molecule has 0 fully saturated rings. The number of hydrogen-bond acceptors (Lipinski definition) is 4. The zero-order valence-electron chi connectivity index (χ0n) is 15.1. The normalized spacial score (nSPS) is 10.6. The SMILES string of the molecule is Cc1ccc(C(=O)Oc2ccc(C=NNC(=O)c3cccc(Br)c3)cc2)cc1. The van der Waals surface area contributed by atoms with Crippen molar-refractivity contribution < 1.29 is 14.3 Å². The van der Waals surface area contributed by atoms with Crippen molar-refractivity contribution in [2.24, 2.45) is 5.10 Å². The van der Waals surface area contributed by atoms with Crippen LogP contribution in [-0.4, -0.2) is 18.1 Å². The highest BCUT2D eigenvalue weighted by Crippen LogP contribution is 2.14. The van der Waals surface area contributed by atoms with Gasteiger partial charge in [-0.15, -0.1) is 0 Å². The maximum absolute atomic E-state index is 12.1. The Morgan fingerprint density at radius 2 is 1.68 bits per heavy atom. The lowest BCUT2D eigenvalue weighted by atomic mass is 10.1. The fourth-order valence-electron chi connectivity index (χ4n) is 2.34. The maximum Gasteiger partial charge on any atom is 0.343 e. The number of ether oxygens (including phenoxy) is 1. The van der Waals surface area contributed by atoms with Crippen LogP contribution >= 0.6 is 15.9 Å². The molecule has 0 aliphatic rings. The fourth-order valence-corrected chi connectivity index (χ4v) is 2.74. The van der Waals surface area contributed by atoms with Crippen LogP contribution in [0, 0.1) is 6.92 Å². The number of benzene rings is 3. The summed E-state index contributed by atoms with van der Waals surface area (Å²) < 4.78 is 6.17. The van der Waals surface area contributed by atoms with Crippen molar-refractivity contribution >= 4 is 34.0 Å². The van der Waals surface area contributed by atoms with Crippen LogP contribution < -0.4 is 10.2 Å². The molecule has 0 bridgehead atoms. The van der Waals surface area contributed by atoms with E-state index in [4.69, 9.17) is 4.74 Å². The molecule has 0 aliphatic carbocycles. The first-order chi connectivity index (χ1) is 13.5. The van der Waals surface area contributed by atoms with E-state index in [0.29, 0.717) is 16.9 Å². The van der Waals surface area contributed by atoms with Crippen LogP contribution in [0.4, 0.5) is 0 Å². The molecule has 0 saturated heterocycles. The molecule has 28 heavy (non-hydrogen) atoms. The predicted molar refractivity (Wildman–Crippen MR) is 112 cm³/mol. The van der Waals surface area contributed by atoms with Gasteiger partial charge < -0.3 is 4.74 Å². The largest absolute Gasteiger partial charge is 0.423 e. The van der Waals surface area contributed by atoms with E-state index < -0.39 is 5.97 Å². The smallest absolute Gasteiger partial charge is 0.343 e. The second-order valence-electron chi connectivity index (χ2n) is 6.03. The minimum Gasteiger partial charge on any atom is -0.423 e. The van der Waals surface area contributed by atoms with Gasteiger partial charge in [0.15, 0.2) is 0 Å². The Hall–Kier alpha value is -3.25. The highest BCUT2D eigenvalue weighted by atomic mass is 79.9. The number of halogens is 1. The zero-order valence-corrected chi connectivity index (χ0v) is 16.6. The standard InChI is InChI=1S/C22H17BrN2O3/c1-15-5-9-17(10-6-15)22(27)28-20-11-7-16(8-12-20)14-24-25-21(26)18-3-2-4-19(23)13-18/h2-14H,1H3,(H,25,26). The number of rotatable bonds is 5. The van der Waals surface area contributed by atoms with Crippen molar-refractivity contribution in [1.82, 2.24) is 5.43 Å². The quantitative estimate of drug-likeness (QED) is 0.271. The van der Waals surface area contributed by atoms with Gasteiger partial charge >= 0.3 is 5.97 Å². The van der Waals surface area contributed by atoms with Gasteiger partial charge in [-0.1, -0.05) is 39.7 Å². The third-order valence-corrected chi connectivity index (χ3v) is 4.34. The van der Waals surface area contributed by atoms with Crippen LogP contribution in [0.15, 0.2) is 82.4 Å². The van der Waals surface area contributed by atoms with E-state index in [9.17, 15) is 9.59 Å². The van der Waals surface area contributed by atoms with Crippen molar-refractivity contribution in [1.29, 1.82) is 0 Å². The molecule has 0 radical (unpaired) electrons. The Labute approximate surface area is 171 Å². The van der Waals surface area contributed by atoms with E-state index in [2.05, 4.69) is 26.5 Å². The van der Waals surface area contributed by atoms with Crippen LogP contribution in [0.3, 0.4) is 0 Å². The van der Waals surface area contributed by atoms with E-state index in [-0.39, 0.29) is 5.91 Å². The van der Waals surface area contributed by atoms with Gasteiger partial charge in [0.2, 0.25) is 0 Å². The van der Waals surface area contributed by atoms with E-state index in [1.165, 1.54) is 6.21 Å². The van der Waals surface area contributed by atoms with Crippen molar-refractivity contribution in [3.8, 4) is 5.75 Å². The molecule has 140 valence electrons. The van der Waals surface area contributed by atoms with Crippen molar-refractivity contribution in [3.05, 3.63) is 99.5 Å². The molecule has 3 aromatic rings. The number of hydrazone groups is 1. The number of amides is 1. The molecule has 0 aromatic heterocycles. The number of carbonyl (C=O) groups excluding carboxylic acids is 2. The summed E-state index contributed by atoms with van der Waals surface area (Å²) in [7, 11) is 0. The van der Waals surface area contributed by atoms with E-state index in [1.807, 2.05) is 25.1 Å². The molecule has 0 spiro atoms. The van der Waals surface area contributed by atoms with Gasteiger partial charge in [0.05, 0.1) is 11.8 Å². The molecule has 1 N–H and O–H groups in total. The monoisotopic (exact) mass is 436 g/mol. The lowest BCUT2D eigenvalue weighted by Crippen LogP contribution is -2.17. The number of esters is 1. The first-order valence-electron chi connectivity index (χ1n) is 8.49. The van der Waals surface area contributed by atoms with Crippen LogP contribution in [-0.2, 0) is 0 Å². The summed E-state index contributed by atoms with van der Waals surface area (Å²) in [5, 5.41) is 3.95. The number of nitrogens with zero attached hydrogens (tertiary/aromatic N) is 1. The highest BCUT2D eigenvalue weighted by molar-refractivity contribution is 9.10. The van der Waals surface area contributed by atoms with Crippen LogP contribution in [0.25, 0.3) is 0 Å². The Morgan fingerprint density at radius 3 is 2.36 bits per heavy atom. The molecule has 6 heteroatoms. The van der Waals surface area contributed by atoms with Gasteiger partial charge in [-0.25, -0.2) is 10.2 Å². The Kier molecular flexibility index (Phi) is 6.34. The number of hydrogen-bond donors (Lipinski definition) is 1. The topological polar surface area (TPSA) is 67.8 Å². The minimum atomic E-state index is -0.414. The second-order valence-corrected chi connectivity index (χ2v) is 6.95. The van der Waals surface area contributed by atoms with Gasteiger partial charge in [0.25, 0.3) is 5.91 Å². The maximum atomic E-state index is 12.1. The van der Waals surface area contributed by atoms with Crippen LogP contribution in [0.1, 0.15) is 31.8 Å². The van der Waals surface area contributed by atoms with Gasteiger partial charge in [-0.3, -0.25) is 4.79 Å². The summed E-state index contributed by atoms with van der Waals surface area (Å²) in [6.07, 6.45) is 1.52. The number of nitrogens with one attached hydrogen (secondary N) is 1. The Bertz CT molecular complexity index is 1010. The molecule has 0 heterocycles. The van der Waals surface area contributed by atoms with Crippen molar-refractivity contribution in [3.63, 3.8) is 0 Å². The van der Waals surface area contributed by atoms with Gasteiger partial charge in [-0.05, 0) is 67.1 Å². The minimum absolute atomic E-state index is 0.304. The molecule has 3 aromatic carbocycles. The molecule has 5 nitrogen and oxygen atoms in total. The number of aryl methyl sites for hydroxylation is 1. The molecule has 0 aliphatic heterocycles. The van der Waals surface area contributed by atoms with Gasteiger partial charge in [-0.2, -0.15) is 5.10 Å². The Balaban J connectivity index is 1.56. The fraction of sp³-hybridized carbons (Fsp3) is 0.0455. The summed E-state index contributed by atoms with van der Waals surface area (Å²) in [5.74, 6) is -0.287. The Morgan fingerprint density at radius 1 is 0.964 bits per heavy atom. The third kappa shape index (κ3) is 5.37. The third-order valence-electron chi connectivity index (χ3n) is 3.84. The van der Waals surface area contributed by atoms with Crippen molar-refractivity contribution in [2.75, 3.05) is 0 Å². The number of carbonyl (C=O) groups is 2. The first kappa shape index (κ1) is 19.5.